The number of ether oxygens (including phenoxy) is 2. The molecule has 0 bridgehead atoms. The van der Waals surface area contributed by atoms with E-state index in [-0.39, 0.29) is 12.3 Å². The fourth-order valence-corrected chi connectivity index (χ4v) is 3.44. The van der Waals surface area contributed by atoms with Crippen molar-refractivity contribution in [2.24, 2.45) is 5.41 Å². The summed E-state index contributed by atoms with van der Waals surface area (Å²) in [5.74, 6) is -0.458. The first kappa shape index (κ1) is 19.8. The van der Waals surface area contributed by atoms with Crippen LogP contribution in [0.4, 0.5) is 0 Å². The molecule has 0 saturated carbocycles. The number of carbonyl (C=O) groups is 1. The smallest absolute Gasteiger partial charge is 0.356 e. The van der Waals surface area contributed by atoms with Crippen LogP contribution in [-0.4, -0.2) is 72.7 Å². The van der Waals surface area contributed by atoms with Gasteiger partial charge in [0.25, 0.3) is 0 Å². The van der Waals surface area contributed by atoms with Gasteiger partial charge in [0.05, 0.1) is 25.5 Å². The van der Waals surface area contributed by atoms with Crippen LogP contribution >= 0.6 is 0 Å². The minimum Gasteiger partial charge on any atom is -0.464 e. The van der Waals surface area contributed by atoms with Crippen LogP contribution in [0.2, 0.25) is 0 Å². The van der Waals surface area contributed by atoms with Gasteiger partial charge in [0.1, 0.15) is 5.69 Å². The molecule has 0 radical (unpaired) electrons. The maximum absolute atomic E-state index is 11.6. The predicted molar refractivity (Wildman–Crippen MR) is 92.1 cm³/mol. The highest BCUT2D eigenvalue weighted by Crippen LogP contribution is 2.35. The lowest BCUT2D eigenvalue weighted by Crippen LogP contribution is -2.53. The second-order valence-corrected chi connectivity index (χ2v) is 6.64. The second kappa shape index (κ2) is 9.24. The Bertz CT molecular complexity index is 568. The van der Waals surface area contributed by atoms with Gasteiger partial charge in [-0.2, -0.15) is 0 Å². The van der Waals surface area contributed by atoms with Crippen molar-refractivity contribution >= 4 is 5.97 Å². The number of esters is 1. The molecule has 0 spiro atoms. The molecule has 140 valence electrons. The van der Waals surface area contributed by atoms with E-state index in [1.54, 1.807) is 19.2 Å². The summed E-state index contributed by atoms with van der Waals surface area (Å²) in [5.41, 5.74) is 0.505. The van der Waals surface area contributed by atoms with Crippen LogP contribution in [0.15, 0.2) is 18.2 Å². The molecule has 1 aromatic rings. The average Bonchev–Trinajstić information content (AvgIpc) is 2.64. The molecule has 2 rings (SSSR count). The number of likely N-dealkylation sites (tertiary alicyclic amines) is 1. The Kier molecular flexibility index (Phi) is 7.31. The molecule has 7 heteroatoms. The largest absolute Gasteiger partial charge is 0.464 e. The molecule has 25 heavy (non-hydrogen) atoms. The highest BCUT2D eigenvalue weighted by atomic mass is 16.5. The summed E-state index contributed by atoms with van der Waals surface area (Å²) in [6.07, 6.45) is 1.56. The minimum absolute atomic E-state index is 0.0655. The Balaban J connectivity index is 2.06. The molecular weight excluding hydrogens is 324 g/mol. The van der Waals surface area contributed by atoms with Crippen molar-refractivity contribution < 1.29 is 24.5 Å². The van der Waals surface area contributed by atoms with Crippen molar-refractivity contribution in [1.29, 1.82) is 0 Å². The number of hydrogen-bond acceptors (Lipinski definition) is 7. The highest BCUT2D eigenvalue weighted by molar-refractivity contribution is 5.87. The quantitative estimate of drug-likeness (QED) is 0.529. The number of rotatable bonds is 8. The Morgan fingerprint density at radius 2 is 2.24 bits per heavy atom. The number of aromatic nitrogens is 1. The molecule has 0 aromatic carbocycles. The van der Waals surface area contributed by atoms with Crippen LogP contribution in [0.1, 0.15) is 35.4 Å². The van der Waals surface area contributed by atoms with Gasteiger partial charge in [-0.25, -0.2) is 9.78 Å². The van der Waals surface area contributed by atoms with Crippen molar-refractivity contribution in [3.8, 4) is 0 Å². The van der Waals surface area contributed by atoms with Crippen LogP contribution in [-0.2, 0) is 16.0 Å². The summed E-state index contributed by atoms with van der Waals surface area (Å²) in [7, 11) is 2.98. The zero-order valence-electron chi connectivity index (χ0n) is 15.0. The lowest BCUT2D eigenvalue weighted by atomic mass is 9.74. The standard InChI is InChI=1S/C18H28N2O5/c1-24-10-4-8-18(13-21)12-20(9-7-16(18)22)11-14-5-3-6-15(19-14)17(23)25-2/h3,5-6,16,21-22H,4,7-13H2,1-2H3/t16-,18+/m1/s1. The average molecular weight is 352 g/mol. The SMILES string of the molecule is COCCC[C@@]1(CO)CN(Cc2cccc(C(=O)OC)n2)CC[C@H]1O. The normalized spacial score (nSPS) is 24.2. The van der Waals surface area contributed by atoms with E-state index in [2.05, 4.69) is 9.88 Å². The van der Waals surface area contributed by atoms with Crippen LogP contribution in [0, 0.1) is 5.41 Å². The fraction of sp³-hybridized carbons (Fsp3) is 0.667. The maximum Gasteiger partial charge on any atom is 0.356 e. The third-order valence-corrected chi connectivity index (χ3v) is 4.89. The second-order valence-electron chi connectivity index (χ2n) is 6.64. The Morgan fingerprint density at radius 3 is 2.92 bits per heavy atom. The van der Waals surface area contributed by atoms with Gasteiger partial charge < -0.3 is 19.7 Å². The summed E-state index contributed by atoms with van der Waals surface area (Å²) in [4.78, 5) is 18.1. The minimum atomic E-state index is -0.545. The number of aliphatic hydroxyl groups excluding tert-OH is 2. The third-order valence-electron chi connectivity index (χ3n) is 4.89. The number of carbonyl (C=O) groups excluding carboxylic acids is 1. The van der Waals surface area contributed by atoms with E-state index < -0.39 is 17.5 Å². The number of pyridine rings is 1. The van der Waals surface area contributed by atoms with E-state index in [0.717, 1.165) is 18.7 Å². The molecule has 1 saturated heterocycles. The van der Waals surface area contributed by atoms with E-state index in [9.17, 15) is 15.0 Å². The molecular formula is C18H28N2O5. The van der Waals surface area contributed by atoms with Crippen molar-refractivity contribution in [3.63, 3.8) is 0 Å². The summed E-state index contributed by atoms with van der Waals surface area (Å²) in [6, 6.07) is 5.27. The number of piperidine rings is 1. The summed E-state index contributed by atoms with van der Waals surface area (Å²) < 4.78 is 9.80. The first-order chi connectivity index (χ1) is 12.0. The zero-order valence-corrected chi connectivity index (χ0v) is 15.0. The van der Waals surface area contributed by atoms with Crippen LogP contribution in [0.3, 0.4) is 0 Å². The van der Waals surface area contributed by atoms with Gasteiger partial charge in [-0.3, -0.25) is 4.90 Å². The molecule has 1 fully saturated rings. The van der Waals surface area contributed by atoms with Gasteiger partial charge in [-0.1, -0.05) is 6.07 Å². The first-order valence-corrected chi connectivity index (χ1v) is 8.59. The zero-order chi connectivity index (χ0) is 18.3. The van der Waals surface area contributed by atoms with Crippen LogP contribution in [0.25, 0.3) is 0 Å². The van der Waals surface area contributed by atoms with Gasteiger partial charge >= 0.3 is 5.97 Å². The Morgan fingerprint density at radius 1 is 1.44 bits per heavy atom. The van der Waals surface area contributed by atoms with Crippen molar-refractivity contribution in [1.82, 2.24) is 9.88 Å². The van der Waals surface area contributed by atoms with Crippen LogP contribution < -0.4 is 0 Å². The monoisotopic (exact) mass is 352 g/mol. The maximum atomic E-state index is 11.6. The molecule has 0 aliphatic carbocycles. The molecule has 0 amide bonds. The van der Waals surface area contributed by atoms with E-state index in [1.807, 2.05) is 6.07 Å². The lowest BCUT2D eigenvalue weighted by Gasteiger charge is -2.45. The molecule has 2 atom stereocenters. The Labute approximate surface area is 148 Å². The van der Waals surface area contributed by atoms with Crippen molar-refractivity contribution in [2.45, 2.75) is 31.9 Å². The summed E-state index contributed by atoms with van der Waals surface area (Å²) in [6.45, 7) is 2.40. The van der Waals surface area contributed by atoms with E-state index in [1.165, 1.54) is 7.11 Å². The Hall–Kier alpha value is -1.54. The van der Waals surface area contributed by atoms with E-state index in [4.69, 9.17) is 9.47 Å². The van der Waals surface area contributed by atoms with Crippen molar-refractivity contribution in [3.05, 3.63) is 29.6 Å². The number of aliphatic hydroxyl groups is 2. The van der Waals surface area contributed by atoms with Crippen LogP contribution in [0.5, 0.6) is 0 Å². The first-order valence-electron chi connectivity index (χ1n) is 8.59. The van der Waals surface area contributed by atoms with Gasteiger partial charge in [-0.05, 0) is 31.4 Å². The number of methoxy groups -OCH3 is 2. The van der Waals surface area contributed by atoms with Gasteiger partial charge in [0.15, 0.2) is 0 Å². The van der Waals surface area contributed by atoms with Crippen molar-refractivity contribution in [2.75, 3.05) is 40.5 Å². The fourth-order valence-electron chi connectivity index (χ4n) is 3.44. The van der Waals surface area contributed by atoms with E-state index >= 15 is 0 Å². The molecule has 1 aromatic heterocycles. The molecule has 1 aliphatic heterocycles. The molecule has 2 heterocycles. The highest BCUT2D eigenvalue weighted by Gasteiger charge is 2.41. The summed E-state index contributed by atoms with van der Waals surface area (Å²) >= 11 is 0. The van der Waals surface area contributed by atoms with Gasteiger partial charge in [-0.15, -0.1) is 0 Å². The third kappa shape index (κ3) is 4.98. The molecule has 1 aliphatic rings. The van der Waals surface area contributed by atoms with E-state index in [0.29, 0.717) is 32.5 Å². The lowest BCUT2D eigenvalue weighted by molar-refractivity contribution is -0.0845. The summed E-state index contributed by atoms with van der Waals surface area (Å²) in [5, 5.41) is 20.4. The molecule has 7 nitrogen and oxygen atoms in total. The number of hydrogen-bond donors (Lipinski definition) is 2. The molecule has 0 unspecified atom stereocenters. The predicted octanol–water partition coefficient (Wildman–Crippen LogP) is 0.840. The number of nitrogens with zero attached hydrogens (tertiary/aromatic N) is 2. The van der Waals surface area contributed by atoms with Gasteiger partial charge in [0.2, 0.25) is 0 Å². The molecule has 2 N–H and O–H groups in total. The topological polar surface area (TPSA) is 92.1 Å². The van der Waals surface area contributed by atoms with Gasteiger partial charge in [0, 0.05) is 38.8 Å².